The van der Waals surface area contributed by atoms with Crippen LogP contribution in [0.5, 0.6) is 0 Å². The van der Waals surface area contributed by atoms with Crippen LogP contribution in [0.15, 0.2) is 6.20 Å². The molecule has 1 aromatic heterocycles. The van der Waals surface area contributed by atoms with Gasteiger partial charge in [-0.25, -0.2) is 4.98 Å². The molecule has 14 heavy (non-hydrogen) atoms. The van der Waals surface area contributed by atoms with Gasteiger partial charge in [0.25, 0.3) is 0 Å². The van der Waals surface area contributed by atoms with Gasteiger partial charge in [0.05, 0.1) is 12.1 Å². The number of hydrogen-bond acceptors (Lipinski definition) is 2. The molecule has 1 rings (SSSR count). The van der Waals surface area contributed by atoms with Crippen molar-refractivity contribution in [2.24, 2.45) is 0 Å². The van der Waals surface area contributed by atoms with Crippen molar-refractivity contribution < 1.29 is 13.2 Å². The lowest BCUT2D eigenvalue weighted by molar-refractivity contribution is -0.136. The van der Waals surface area contributed by atoms with Gasteiger partial charge in [0.1, 0.15) is 0 Å². The first-order chi connectivity index (χ1) is 6.42. The lowest BCUT2D eigenvalue weighted by atomic mass is 10.4. The van der Waals surface area contributed by atoms with Gasteiger partial charge in [-0.15, -0.1) is 0 Å². The third-order valence-corrected chi connectivity index (χ3v) is 1.76. The van der Waals surface area contributed by atoms with Crippen LogP contribution in [-0.2, 0) is 6.54 Å². The number of aromatic nitrogens is 2. The van der Waals surface area contributed by atoms with Crippen LogP contribution in [0.4, 0.5) is 19.1 Å². The van der Waals surface area contributed by atoms with Gasteiger partial charge in [-0.3, -0.25) is 0 Å². The fourth-order valence-electron chi connectivity index (χ4n) is 1.16. The molecule has 1 aromatic rings. The van der Waals surface area contributed by atoms with E-state index in [0.29, 0.717) is 11.6 Å². The average Bonchev–Trinajstić information content (AvgIpc) is 2.41. The normalized spacial score (nSPS) is 11.8. The number of anilines is 1. The Morgan fingerprint density at radius 2 is 2.14 bits per heavy atom. The van der Waals surface area contributed by atoms with E-state index in [9.17, 15) is 13.2 Å². The molecule has 0 fully saturated rings. The minimum absolute atomic E-state index is 0.0967. The van der Waals surface area contributed by atoms with Crippen molar-refractivity contribution >= 4 is 5.95 Å². The SMILES string of the molecule is CNc1nc(C)cn1CCC(F)(F)F. The number of halogens is 3. The fraction of sp³-hybridized carbons (Fsp3) is 0.625. The molecule has 0 saturated carbocycles. The summed E-state index contributed by atoms with van der Waals surface area (Å²) >= 11 is 0. The van der Waals surface area contributed by atoms with E-state index in [1.807, 2.05) is 0 Å². The Bertz CT molecular complexity index is 303. The number of nitrogens with zero attached hydrogens (tertiary/aromatic N) is 2. The Labute approximate surface area is 79.9 Å². The molecule has 0 aromatic carbocycles. The van der Waals surface area contributed by atoms with Gasteiger partial charge in [0, 0.05) is 19.8 Å². The van der Waals surface area contributed by atoms with Crippen LogP contribution in [0.25, 0.3) is 0 Å². The molecule has 0 saturated heterocycles. The molecular weight excluding hydrogens is 195 g/mol. The monoisotopic (exact) mass is 207 g/mol. The van der Waals surface area contributed by atoms with Gasteiger partial charge >= 0.3 is 6.18 Å². The zero-order chi connectivity index (χ0) is 10.8. The van der Waals surface area contributed by atoms with Crippen molar-refractivity contribution in [1.29, 1.82) is 0 Å². The van der Waals surface area contributed by atoms with Crippen LogP contribution >= 0.6 is 0 Å². The van der Waals surface area contributed by atoms with Crippen molar-refractivity contribution in [2.75, 3.05) is 12.4 Å². The standard InChI is InChI=1S/C8H12F3N3/c1-6-5-14(7(12-2)13-6)4-3-8(9,10)11/h5H,3-4H2,1-2H3,(H,12,13). The van der Waals surface area contributed by atoms with Gasteiger partial charge in [0.2, 0.25) is 5.95 Å². The molecular formula is C8H12F3N3. The summed E-state index contributed by atoms with van der Waals surface area (Å²) in [7, 11) is 1.63. The third-order valence-electron chi connectivity index (χ3n) is 1.76. The minimum Gasteiger partial charge on any atom is -0.359 e. The number of hydrogen-bond donors (Lipinski definition) is 1. The van der Waals surface area contributed by atoms with E-state index in [1.54, 1.807) is 20.2 Å². The van der Waals surface area contributed by atoms with E-state index in [0.717, 1.165) is 0 Å². The Hall–Kier alpha value is -1.20. The number of imidazole rings is 1. The number of nitrogens with one attached hydrogen (secondary N) is 1. The second kappa shape index (κ2) is 3.89. The Kier molecular flexibility index (Phi) is 3.03. The van der Waals surface area contributed by atoms with Gasteiger partial charge in [-0.05, 0) is 6.92 Å². The summed E-state index contributed by atoms with van der Waals surface area (Å²) in [4.78, 5) is 4.01. The van der Waals surface area contributed by atoms with Gasteiger partial charge in [0.15, 0.2) is 0 Å². The highest BCUT2D eigenvalue weighted by Crippen LogP contribution is 2.21. The Morgan fingerprint density at radius 3 is 2.64 bits per heavy atom. The predicted molar refractivity (Wildman–Crippen MR) is 47.2 cm³/mol. The first kappa shape index (κ1) is 10.9. The van der Waals surface area contributed by atoms with Gasteiger partial charge in [-0.1, -0.05) is 0 Å². The van der Waals surface area contributed by atoms with Crippen LogP contribution in [0.1, 0.15) is 12.1 Å². The van der Waals surface area contributed by atoms with Crippen LogP contribution in [0.2, 0.25) is 0 Å². The highest BCUT2D eigenvalue weighted by molar-refractivity contribution is 5.27. The van der Waals surface area contributed by atoms with E-state index < -0.39 is 12.6 Å². The molecule has 0 bridgehead atoms. The van der Waals surface area contributed by atoms with Crippen LogP contribution < -0.4 is 5.32 Å². The molecule has 0 spiro atoms. The maximum atomic E-state index is 11.9. The molecule has 1 heterocycles. The van der Waals surface area contributed by atoms with Crippen molar-refractivity contribution in [3.05, 3.63) is 11.9 Å². The van der Waals surface area contributed by atoms with Crippen LogP contribution in [-0.4, -0.2) is 22.8 Å². The molecule has 0 aliphatic carbocycles. The number of alkyl halides is 3. The maximum absolute atomic E-state index is 11.9. The van der Waals surface area contributed by atoms with E-state index in [4.69, 9.17) is 0 Å². The van der Waals surface area contributed by atoms with E-state index in [-0.39, 0.29) is 6.54 Å². The largest absolute Gasteiger partial charge is 0.390 e. The van der Waals surface area contributed by atoms with Crippen molar-refractivity contribution in [3.63, 3.8) is 0 Å². The zero-order valence-electron chi connectivity index (χ0n) is 8.02. The molecule has 80 valence electrons. The zero-order valence-corrected chi connectivity index (χ0v) is 8.02. The summed E-state index contributed by atoms with van der Waals surface area (Å²) in [6, 6.07) is 0. The molecule has 0 aliphatic heterocycles. The molecule has 0 unspecified atom stereocenters. The van der Waals surface area contributed by atoms with Gasteiger partial charge < -0.3 is 9.88 Å². The number of rotatable bonds is 3. The third kappa shape index (κ3) is 2.93. The maximum Gasteiger partial charge on any atom is 0.390 e. The highest BCUT2D eigenvalue weighted by Gasteiger charge is 2.27. The number of aryl methyl sites for hydroxylation is 2. The van der Waals surface area contributed by atoms with Crippen molar-refractivity contribution in [3.8, 4) is 0 Å². The molecule has 6 heteroatoms. The summed E-state index contributed by atoms with van der Waals surface area (Å²) in [6.45, 7) is 1.64. The summed E-state index contributed by atoms with van der Waals surface area (Å²) in [6.07, 6.45) is -3.36. The fourth-order valence-corrected chi connectivity index (χ4v) is 1.16. The lowest BCUT2D eigenvalue weighted by Crippen LogP contribution is -2.13. The first-order valence-corrected chi connectivity index (χ1v) is 4.20. The lowest BCUT2D eigenvalue weighted by Gasteiger charge is -2.08. The molecule has 0 amide bonds. The Balaban J connectivity index is 2.66. The van der Waals surface area contributed by atoms with Crippen LogP contribution in [0.3, 0.4) is 0 Å². The topological polar surface area (TPSA) is 29.9 Å². The van der Waals surface area contributed by atoms with E-state index in [1.165, 1.54) is 4.57 Å². The summed E-state index contributed by atoms with van der Waals surface area (Å²) < 4.78 is 37.2. The second-order valence-corrected chi connectivity index (χ2v) is 3.01. The molecule has 1 N–H and O–H groups in total. The van der Waals surface area contributed by atoms with E-state index in [2.05, 4.69) is 10.3 Å². The summed E-state index contributed by atoms with van der Waals surface area (Å²) in [5.74, 6) is 0.465. The summed E-state index contributed by atoms with van der Waals surface area (Å²) in [5, 5.41) is 2.74. The second-order valence-electron chi connectivity index (χ2n) is 3.01. The quantitative estimate of drug-likeness (QED) is 0.823. The van der Waals surface area contributed by atoms with Crippen molar-refractivity contribution in [2.45, 2.75) is 26.1 Å². The van der Waals surface area contributed by atoms with E-state index >= 15 is 0 Å². The average molecular weight is 207 g/mol. The smallest absolute Gasteiger partial charge is 0.359 e. The van der Waals surface area contributed by atoms with Crippen LogP contribution in [0, 0.1) is 6.92 Å². The minimum atomic E-state index is -4.12. The molecule has 0 atom stereocenters. The summed E-state index contributed by atoms with van der Waals surface area (Å²) in [5.41, 5.74) is 0.705. The molecule has 3 nitrogen and oxygen atoms in total. The van der Waals surface area contributed by atoms with Gasteiger partial charge in [-0.2, -0.15) is 13.2 Å². The highest BCUT2D eigenvalue weighted by atomic mass is 19.4. The van der Waals surface area contributed by atoms with Crippen molar-refractivity contribution in [1.82, 2.24) is 9.55 Å². The molecule has 0 aliphatic rings. The Morgan fingerprint density at radius 1 is 1.50 bits per heavy atom. The molecule has 0 radical (unpaired) electrons. The first-order valence-electron chi connectivity index (χ1n) is 4.20. The predicted octanol–water partition coefficient (Wildman–Crippen LogP) is 2.19.